The van der Waals surface area contributed by atoms with E-state index in [-0.39, 0.29) is 32.7 Å². The largest absolute Gasteiger partial charge is 0.481 e. The zero-order chi connectivity index (χ0) is 17.0. The quantitative estimate of drug-likeness (QED) is 0.878. The summed E-state index contributed by atoms with van der Waals surface area (Å²) in [5.74, 6) is -2.09. The molecule has 0 saturated heterocycles. The summed E-state index contributed by atoms with van der Waals surface area (Å²) in [5, 5.41) is 26.7. The van der Waals surface area contributed by atoms with E-state index in [4.69, 9.17) is 20.4 Å². The average Bonchev–Trinajstić information content (AvgIpc) is 2.53. The van der Waals surface area contributed by atoms with Gasteiger partial charge >= 0.3 is 5.97 Å². The Morgan fingerprint density at radius 1 is 1.22 bits per heavy atom. The topological polar surface area (TPSA) is 94.1 Å². The van der Waals surface area contributed by atoms with Gasteiger partial charge in [-0.3, -0.25) is 4.79 Å². The van der Waals surface area contributed by atoms with Crippen molar-refractivity contribution in [1.82, 2.24) is 0 Å². The highest BCUT2D eigenvalue weighted by Gasteiger charge is 2.17. The van der Waals surface area contributed by atoms with E-state index in [2.05, 4.69) is 15.9 Å². The number of carboxylic acid groups (broad SMARTS) is 1. The van der Waals surface area contributed by atoms with E-state index in [1.54, 1.807) is 0 Å². The van der Waals surface area contributed by atoms with Gasteiger partial charge in [0.2, 0.25) is 0 Å². The molecule has 0 amide bonds. The number of nitriles is 2. The van der Waals surface area contributed by atoms with Gasteiger partial charge in [-0.05, 0) is 40.2 Å². The van der Waals surface area contributed by atoms with E-state index in [9.17, 15) is 9.18 Å². The molecule has 5 nitrogen and oxygen atoms in total. The highest BCUT2D eigenvalue weighted by atomic mass is 79.9. The standard InChI is InChI=1S/C16H8BrFN2O3/c17-13-2-1-11(6-14(21)22)15(18)16(13)23-12-4-9(7-19)3-10(5-12)8-20/h1-5H,6H2,(H,21,22). The number of carbonyl (C=O) groups is 1. The average molecular weight is 375 g/mol. The minimum atomic E-state index is -1.17. The van der Waals surface area contributed by atoms with Crippen LogP contribution in [0.2, 0.25) is 0 Å². The molecular weight excluding hydrogens is 367 g/mol. The van der Waals surface area contributed by atoms with Crippen molar-refractivity contribution in [1.29, 1.82) is 10.5 Å². The minimum Gasteiger partial charge on any atom is -0.481 e. The summed E-state index contributed by atoms with van der Waals surface area (Å²) in [6.07, 6.45) is -0.489. The molecule has 0 radical (unpaired) electrons. The molecule has 2 rings (SSSR count). The van der Waals surface area contributed by atoms with Gasteiger partial charge in [0.05, 0.1) is 34.2 Å². The predicted octanol–water partition coefficient (Wildman–Crippen LogP) is 3.75. The maximum Gasteiger partial charge on any atom is 0.307 e. The van der Waals surface area contributed by atoms with Crippen LogP contribution in [0.3, 0.4) is 0 Å². The van der Waals surface area contributed by atoms with Crippen molar-refractivity contribution in [3.63, 3.8) is 0 Å². The van der Waals surface area contributed by atoms with E-state index in [1.165, 1.54) is 30.3 Å². The Morgan fingerprint density at radius 3 is 2.35 bits per heavy atom. The van der Waals surface area contributed by atoms with Crippen LogP contribution in [0.25, 0.3) is 0 Å². The zero-order valence-corrected chi connectivity index (χ0v) is 13.1. The van der Waals surface area contributed by atoms with Crippen molar-refractivity contribution in [2.45, 2.75) is 6.42 Å². The lowest BCUT2D eigenvalue weighted by molar-refractivity contribution is -0.136. The number of nitrogens with zero attached hydrogens (tertiary/aromatic N) is 2. The highest BCUT2D eigenvalue weighted by molar-refractivity contribution is 9.10. The fourth-order valence-corrected chi connectivity index (χ4v) is 2.26. The van der Waals surface area contributed by atoms with Crippen molar-refractivity contribution >= 4 is 21.9 Å². The van der Waals surface area contributed by atoms with Gasteiger partial charge < -0.3 is 9.84 Å². The highest BCUT2D eigenvalue weighted by Crippen LogP contribution is 2.35. The first-order valence-corrected chi connectivity index (χ1v) is 7.05. The number of rotatable bonds is 4. The maximum atomic E-state index is 14.4. The second-order valence-electron chi connectivity index (χ2n) is 4.49. The Bertz CT molecular complexity index is 837. The van der Waals surface area contributed by atoms with E-state index < -0.39 is 18.2 Å². The molecule has 0 aromatic heterocycles. The number of aliphatic carboxylic acids is 1. The Balaban J connectivity index is 2.46. The van der Waals surface area contributed by atoms with Crippen LogP contribution in [-0.4, -0.2) is 11.1 Å². The number of halogens is 2. The smallest absolute Gasteiger partial charge is 0.307 e. The van der Waals surface area contributed by atoms with Gasteiger partial charge in [-0.25, -0.2) is 4.39 Å². The van der Waals surface area contributed by atoms with Crippen molar-refractivity contribution in [3.05, 3.63) is 57.3 Å². The van der Waals surface area contributed by atoms with E-state index in [0.717, 1.165) is 0 Å². The molecular formula is C16H8BrFN2O3. The Kier molecular flexibility index (Phi) is 4.95. The van der Waals surface area contributed by atoms with Crippen molar-refractivity contribution in [2.24, 2.45) is 0 Å². The number of benzene rings is 2. The molecule has 1 N–H and O–H groups in total. The van der Waals surface area contributed by atoms with Gasteiger partial charge in [0.25, 0.3) is 0 Å². The third kappa shape index (κ3) is 3.85. The van der Waals surface area contributed by atoms with Gasteiger partial charge in [-0.15, -0.1) is 0 Å². The first-order valence-electron chi connectivity index (χ1n) is 6.26. The van der Waals surface area contributed by atoms with Crippen molar-refractivity contribution in [3.8, 4) is 23.6 Å². The molecule has 0 saturated carbocycles. The molecule has 0 fully saturated rings. The fraction of sp³-hybridized carbons (Fsp3) is 0.0625. The number of ether oxygens (including phenoxy) is 1. The lowest BCUT2D eigenvalue weighted by Gasteiger charge is -2.12. The van der Waals surface area contributed by atoms with Crippen LogP contribution in [0.5, 0.6) is 11.5 Å². The van der Waals surface area contributed by atoms with Gasteiger partial charge in [-0.2, -0.15) is 10.5 Å². The van der Waals surface area contributed by atoms with Crippen LogP contribution >= 0.6 is 15.9 Å². The summed E-state index contributed by atoms with van der Waals surface area (Å²) in [7, 11) is 0. The van der Waals surface area contributed by atoms with Crippen molar-refractivity contribution < 1.29 is 19.0 Å². The minimum absolute atomic E-state index is 0.0346. The summed E-state index contributed by atoms with van der Waals surface area (Å²) in [6.45, 7) is 0. The summed E-state index contributed by atoms with van der Waals surface area (Å²) in [4.78, 5) is 10.8. The van der Waals surface area contributed by atoms with Crippen LogP contribution in [-0.2, 0) is 11.2 Å². The molecule has 114 valence electrons. The molecule has 0 aliphatic rings. The second kappa shape index (κ2) is 6.91. The molecule has 23 heavy (non-hydrogen) atoms. The van der Waals surface area contributed by atoms with Crippen LogP contribution in [0.4, 0.5) is 4.39 Å². The van der Waals surface area contributed by atoms with Crippen LogP contribution < -0.4 is 4.74 Å². The number of hydrogen-bond donors (Lipinski definition) is 1. The van der Waals surface area contributed by atoms with E-state index in [1.807, 2.05) is 12.1 Å². The molecule has 0 unspecified atom stereocenters. The lowest BCUT2D eigenvalue weighted by atomic mass is 10.1. The Labute approximate surface area is 139 Å². The number of hydrogen-bond acceptors (Lipinski definition) is 4. The second-order valence-corrected chi connectivity index (χ2v) is 5.35. The molecule has 0 aliphatic carbocycles. The van der Waals surface area contributed by atoms with Crippen LogP contribution in [0.15, 0.2) is 34.8 Å². The van der Waals surface area contributed by atoms with Crippen LogP contribution in [0.1, 0.15) is 16.7 Å². The maximum absolute atomic E-state index is 14.4. The molecule has 0 spiro atoms. The molecule has 2 aromatic rings. The number of carboxylic acids is 1. The van der Waals surface area contributed by atoms with Gasteiger partial charge in [-0.1, -0.05) is 6.07 Å². The summed E-state index contributed by atoms with van der Waals surface area (Å²) in [6, 6.07) is 10.7. The third-order valence-corrected chi connectivity index (χ3v) is 3.48. The summed E-state index contributed by atoms with van der Waals surface area (Å²) >= 11 is 3.13. The first-order chi connectivity index (χ1) is 10.9. The normalized spacial score (nSPS) is 9.74. The van der Waals surface area contributed by atoms with Gasteiger partial charge in [0.15, 0.2) is 11.6 Å². The van der Waals surface area contributed by atoms with E-state index >= 15 is 0 Å². The fourth-order valence-electron chi connectivity index (χ4n) is 1.87. The van der Waals surface area contributed by atoms with Gasteiger partial charge in [0, 0.05) is 5.56 Å². The molecule has 0 atom stereocenters. The zero-order valence-electron chi connectivity index (χ0n) is 11.5. The molecule has 0 aliphatic heterocycles. The summed E-state index contributed by atoms with van der Waals surface area (Å²) < 4.78 is 20.1. The van der Waals surface area contributed by atoms with E-state index in [0.29, 0.717) is 0 Å². The Hall–Kier alpha value is -2.90. The summed E-state index contributed by atoms with van der Waals surface area (Å²) in [5.41, 5.74) is 0.349. The SMILES string of the molecule is N#Cc1cc(C#N)cc(Oc2c(Br)ccc(CC(=O)O)c2F)c1. The molecule has 0 bridgehead atoms. The predicted molar refractivity (Wildman–Crippen MR) is 81.4 cm³/mol. The molecule has 0 heterocycles. The lowest BCUT2D eigenvalue weighted by Crippen LogP contribution is -2.04. The van der Waals surface area contributed by atoms with Crippen LogP contribution in [0, 0.1) is 28.5 Å². The monoisotopic (exact) mass is 374 g/mol. The molecule has 2 aromatic carbocycles. The third-order valence-electron chi connectivity index (χ3n) is 2.86. The first kappa shape index (κ1) is 16.5. The Morgan fingerprint density at radius 2 is 1.83 bits per heavy atom. The van der Waals surface area contributed by atoms with Crippen molar-refractivity contribution in [2.75, 3.05) is 0 Å². The molecule has 7 heteroatoms. The van der Waals surface area contributed by atoms with Gasteiger partial charge in [0.1, 0.15) is 5.75 Å².